The lowest BCUT2D eigenvalue weighted by Crippen LogP contribution is -2.43. The molecule has 5 nitrogen and oxygen atoms in total. The maximum absolute atomic E-state index is 12.5. The summed E-state index contributed by atoms with van der Waals surface area (Å²) in [5.41, 5.74) is 9.45. The van der Waals surface area contributed by atoms with Crippen LogP contribution in [0.4, 0.5) is 0 Å². The van der Waals surface area contributed by atoms with Gasteiger partial charge in [0, 0.05) is 38.0 Å². The number of hydrogen-bond acceptors (Lipinski definition) is 3. The Morgan fingerprint density at radius 2 is 1.69 bits per heavy atom. The average molecular weight is 416 g/mol. The number of carbonyl (C=O) groups excluding carboxylic acids is 2. The molecular weight excluding hydrogens is 386 g/mol. The van der Waals surface area contributed by atoms with Crippen LogP contribution in [0.2, 0.25) is 0 Å². The van der Waals surface area contributed by atoms with Crippen molar-refractivity contribution in [1.29, 1.82) is 0 Å². The second-order valence-electron chi connectivity index (χ2n) is 7.58. The van der Waals surface area contributed by atoms with Gasteiger partial charge < -0.3 is 16.0 Å². The fourth-order valence-corrected chi connectivity index (χ4v) is 3.57. The van der Waals surface area contributed by atoms with Crippen LogP contribution in [0.1, 0.15) is 42.0 Å². The van der Waals surface area contributed by atoms with Crippen molar-refractivity contribution in [3.8, 4) is 0 Å². The van der Waals surface area contributed by atoms with E-state index in [1.807, 2.05) is 66.4 Å². The largest absolute Gasteiger partial charge is 0.352 e. The highest BCUT2D eigenvalue weighted by molar-refractivity contribution is 5.85. The number of nitrogens with zero attached hydrogens (tertiary/aromatic N) is 1. The predicted octanol–water partition coefficient (Wildman–Crippen LogP) is 3.36. The van der Waals surface area contributed by atoms with E-state index in [1.54, 1.807) is 0 Å². The maximum Gasteiger partial charge on any atom is 0.224 e. The lowest BCUT2D eigenvalue weighted by molar-refractivity contribution is -0.136. The minimum absolute atomic E-state index is 0. The monoisotopic (exact) mass is 415 g/mol. The fraction of sp³-hybridized carbons (Fsp3) is 0.391. The van der Waals surface area contributed by atoms with E-state index in [-0.39, 0.29) is 36.2 Å². The van der Waals surface area contributed by atoms with Gasteiger partial charge in [-0.3, -0.25) is 9.59 Å². The summed E-state index contributed by atoms with van der Waals surface area (Å²) in [6.45, 7) is 3.82. The molecule has 1 unspecified atom stereocenters. The first-order chi connectivity index (χ1) is 13.5. The summed E-state index contributed by atoms with van der Waals surface area (Å²) in [7, 11) is 0. The van der Waals surface area contributed by atoms with E-state index in [0.29, 0.717) is 38.9 Å². The third kappa shape index (κ3) is 6.58. The highest BCUT2D eigenvalue weighted by atomic mass is 35.5. The molecule has 3 N–H and O–H groups in total. The fourth-order valence-electron chi connectivity index (χ4n) is 3.57. The van der Waals surface area contributed by atoms with Crippen LogP contribution in [0.15, 0.2) is 54.6 Å². The smallest absolute Gasteiger partial charge is 0.224 e. The minimum Gasteiger partial charge on any atom is -0.352 e. The van der Waals surface area contributed by atoms with Gasteiger partial charge >= 0.3 is 0 Å². The number of nitrogens with two attached hydrogens (primary N) is 1. The SMILES string of the molecule is Cc1ccc(CNC(=O)C2CCN(C(=O)CC(N)c3ccccc3)CC2)cc1.Cl. The number of carbonyl (C=O) groups is 2. The van der Waals surface area contributed by atoms with E-state index in [4.69, 9.17) is 5.73 Å². The molecule has 0 radical (unpaired) electrons. The second-order valence-corrected chi connectivity index (χ2v) is 7.58. The highest BCUT2D eigenvalue weighted by Crippen LogP contribution is 2.21. The van der Waals surface area contributed by atoms with Crippen LogP contribution in [-0.4, -0.2) is 29.8 Å². The third-order valence-electron chi connectivity index (χ3n) is 5.43. The number of rotatable bonds is 6. The first-order valence-corrected chi connectivity index (χ1v) is 9.94. The molecule has 0 saturated carbocycles. The zero-order valence-corrected chi connectivity index (χ0v) is 17.7. The van der Waals surface area contributed by atoms with Gasteiger partial charge in [-0.2, -0.15) is 0 Å². The van der Waals surface area contributed by atoms with Crippen molar-refractivity contribution in [2.24, 2.45) is 11.7 Å². The van der Waals surface area contributed by atoms with Crippen LogP contribution < -0.4 is 11.1 Å². The topological polar surface area (TPSA) is 75.4 Å². The van der Waals surface area contributed by atoms with E-state index in [0.717, 1.165) is 11.1 Å². The Labute approximate surface area is 179 Å². The van der Waals surface area contributed by atoms with Gasteiger partial charge in [-0.25, -0.2) is 0 Å². The molecule has 1 fully saturated rings. The van der Waals surface area contributed by atoms with Crippen molar-refractivity contribution in [3.63, 3.8) is 0 Å². The molecule has 156 valence electrons. The van der Waals surface area contributed by atoms with Crippen LogP contribution in [0.25, 0.3) is 0 Å². The Morgan fingerprint density at radius 3 is 2.31 bits per heavy atom. The van der Waals surface area contributed by atoms with E-state index in [9.17, 15) is 9.59 Å². The Morgan fingerprint density at radius 1 is 1.07 bits per heavy atom. The van der Waals surface area contributed by atoms with Gasteiger partial charge in [0.25, 0.3) is 0 Å². The van der Waals surface area contributed by atoms with E-state index >= 15 is 0 Å². The molecule has 0 bridgehead atoms. The normalized spacial score (nSPS) is 15.3. The number of piperidine rings is 1. The zero-order chi connectivity index (χ0) is 19.9. The molecule has 1 heterocycles. The van der Waals surface area contributed by atoms with Crippen molar-refractivity contribution in [2.75, 3.05) is 13.1 Å². The number of likely N-dealkylation sites (tertiary alicyclic amines) is 1. The van der Waals surface area contributed by atoms with Gasteiger partial charge in [-0.1, -0.05) is 60.2 Å². The number of benzene rings is 2. The van der Waals surface area contributed by atoms with E-state index in [1.165, 1.54) is 5.56 Å². The van der Waals surface area contributed by atoms with Gasteiger partial charge in [0.1, 0.15) is 0 Å². The molecule has 2 aromatic carbocycles. The van der Waals surface area contributed by atoms with Gasteiger partial charge in [0.05, 0.1) is 0 Å². The summed E-state index contributed by atoms with van der Waals surface area (Å²) in [6.07, 6.45) is 1.70. The van der Waals surface area contributed by atoms with Crippen molar-refractivity contribution in [2.45, 2.75) is 38.8 Å². The van der Waals surface area contributed by atoms with Gasteiger partial charge in [-0.05, 0) is 30.9 Å². The molecule has 1 aliphatic heterocycles. The van der Waals surface area contributed by atoms with E-state index < -0.39 is 0 Å². The van der Waals surface area contributed by atoms with Crippen LogP contribution >= 0.6 is 12.4 Å². The second kappa shape index (κ2) is 11.0. The van der Waals surface area contributed by atoms with Crippen LogP contribution in [0.3, 0.4) is 0 Å². The predicted molar refractivity (Wildman–Crippen MR) is 118 cm³/mol. The van der Waals surface area contributed by atoms with Crippen molar-refractivity contribution in [1.82, 2.24) is 10.2 Å². The zero-order valence-electron chi connectivity index (χ0n) is 16.8. The van der Waals surface area contributed by atoms with Gasteiger partial charge in [0.2, 0.25) is 11.8 Å². The Hall–Kier alpha value is -2.37. The number of nitrogens with one attached hydrogen (secondary N) is 1. The summed E-state index contributed by atoms with van der Waals surface area (Å²) < 4.78 is 0. The Kier molecular flexibility index (Phi) is 8.68. The van der Waals surface area contributed by atoms with Crippen molar-refractivity contribution in [3.05, 3.63) is 71.3 Å². The number of hydrogen-bond donors (Lipinski definition) is 2. The molecule has 0 aromatic heterocycles. The third-order valence-corrected chi connectivity index (χ3v) is 5.43. The molecule has 29 heavy (non-hydrogen) atoms. The van der Waals surface area contributed by atoms with Crippen LogP contribution in [0.5, 0.6) is 0 Å². The first kappa shape index (κ1) is 22.9. The summed E-state index contributed by atoms with van der Waals surface area (Å²) in [5, 5.41) is 3.02. The van der Waals surface area contributed by atoms with Crippen molar-refractivity contribution < 1.29 is 9.59 Å². The summed E-state index contributed by atoms with van der Waals surface area (Å²) in [6, 6.07) is 17.6. The van der Waals surface area contributed by atoms with Crippen molar-refractivity contribution >= 4 is 24.2 Å². The number of halogens is 1. The maximum atomic E-state index is 12.5. The number of amides is 2. The number of aryl methyl sites for hydroxylation is 1. The molecule has 2 aromatic rings. The molecule has 2 amide bonds. The molecule has 0 spiro atoms. The molecular formula is C23H30ClN3O2. The summed E-state index contributed by atoms with van der Waals surface area (Å²) >= 11 is 0. The standard InChI is InChI=1S/C23H29N3O2.ClH/c1-17-7-9-18(10-8-17)16-25-23(28)20-11-13-26(14-12-20)22(27)15-21(24)19-5-3-2-4-6-19;/h2-10,20-21H,11-16,24H2,1H3,(H,25,28);1H. The molecule has 6 heteroatoms. The molecule has 1 aliphatic rings. The Bertz CT molecular complexity index is 788. The van der Waals surface area contributed by atoms with E-state index in [2.05, 4.69) is 5.32 Å². The molecule has 1 saturated heterocycles. The molecule has 1 atom stereocenters. The summed E-state index contributed by atoms with van der Waals surface area (Å²) in [5.74, 6) is 0.112. The minimum atomic E-state index is -0.288. The van der Waals surface area contributed by atoms with Crippen LogP contribution in [-0.2, 0) is 16.1 Å². The lowest BCUT2D eigenvalue weighted by Gasteiger charge is -2.32. The molecule has 0 aliphatic carbocycles. The molecule has 3 rings (SSSR count). The summed E-state index contributed by atoms with van der Waals surface area (Å²) in [4.78, 5) is 26.8. The van der Waals surface area contributed by atoms with Crippen LogP contribution in [0, 0.1) is 12.8 Å². The average Bonchev–Trinajstić information content (AvgIpc) is 2.73. The highest BCUT2D eigenvalue weighted by Gasteiger charge is 2.27. The first-order valence-electron chi connectivity index (χ1n) is 9.94. The Balaban J connectivity index is 0.00000300. The quantitative estimate of drug-likeness (QED) is 0.759. The van der Waals surface area contributed by atoms with Gasteiger partial charge in [0.15, 0.2) is 0 Å². The lowest BCUT2D eigenvalue weighted by atomic mass is 9.95. The van der Waals surface area contributed by atoms with Gasteiger partial charge in [-0.15, -0.1) is 12.4 Å².